The number of unbranched alkanes of at least 4 members (excludes halogenated alkanes) is 1. The number of benzene rings is 1. The summed E-state index contributed by atoms with van der Waals surface area (Å²) in [4.78, 5) is 0. The molecule has 1 fully saturated rings. The summed E-state index contributed by atoms with van der Waals surface area (Å²) in [5, 5.41) is 3.63. The van der Waals surface area contributed by atoms with Gasteiger partial charge in [0, 0.05) is 12.6 Å². The van der Waals surface area contributed by atoms with Gasteiger partial charge >= 0.3 is 0 Å². The molecule has 0 bridgehead atoms. The van der Waals surface area contributed by atoms with Gasteiger partial charge in [-0.1, -0.05) is 44.5 Å². The second-order valence-corrected chi connectivity index (χ2v) is 6.17. The third-order valence-corrected chi connectivity index (χ3v) is 4.45. The van der Waals surface area contributed by atoms with E-state index in [2.05, 4.69) is 43.4 Å². The van der Waals surface area contributed by atoms with Crippen molar-refractivity contribution in [2.24, 2.45) is 0 Å². The highest BCUT2D eigenvalue weighted by molar-refractivity contribution is 5.25. The normalized spacial score (nSPS) is 19.8. The molecule has 21 heavy (non-hydrogen) atoms. The van der Waals surface area contributed by atoms with Gasteiger partial charge in [-0.15, -0.1) is 0 Å². The summed E-state index contributed by atoms with van der Waals surface area (Å²) in [6.07, 6.45) is 9.09. The van der Waals surface area contributed by atoms with Gasteiger partial charge in [-0.05, 0) is 56.2 Å². The second-order valence-electron chi connectivity index (χ2n) is 6.17. The average molecular weight is 289 g/mol. The quantitative estimate of drug-likeness (QED) is 0.715. The first-order valence-electron chi connectivity index (χ1n) is 8.77. The lowest BCUT2D eigenvalue weighted by Crippen LogP contribution is -2.22. The molecule has 2 rings (SSSR count). The topological polar surface area (TPSA) is 21.3 Å². The molecule has 0 aliphatic carbocycles. The van der Waals surface area contributed by atoms with Gasteiger partial charge in [-0.2, -0.15) is 0 Å². The summed E-state index contributed by atoms with van der Waals surface area (Å²) in [6, 6.07) is 9.71. The van der Waals surface area contributed by atoms with Crippen LogP contribution in [-0.2, 0) is 11.2 Å². The molecule has 1 aromatic rings. The molecular formula is C19H31NO. The maximum atomic E-state index is 5.75. The van der Waals surface area contributed by atoms with Crippen molar-refractivity contribution >= 4 is 0 Å². The molecule has 1 aliphatic heterocycles. The van der Waals surface area contributed by atoms with Crippen molar-refractivity contribution in [3.63, 3.8) is 0 Å². The van der Waals surface area contributed by atoms with Gasteiger partial charge in [-0.3, -0.25) is 0 Å². The Morgan fingerprint density at radius 3 is 2.67 bits per heavy atom. The van der Waals surface area contributed by atoms with Gasteiger partial charge in [0.2, 0.25) is 0 Å². The van der Waals surface area contributed by atoms with Gasteiger partial charge in [0.25, 0.3) is 0 Å². The summed E-state index contributed by atoms with van der Waals surface area (Å²) < 4.78 is 5.75. The first kappa shape index (κ1) is 16.5. The van der Waals surface area contributed by atoms with E-state index in [9.17, 15) is 0 Å². The number of hydrogen-bond donors (Lipinski definition) is 1. The van der Waals surface area contributed by atoms with Crippen LogP contribution in [0.1, 0.15) is 69.5 Å². The first-order chi connectivity index (χ1) is 10.3. The Labute approximate surface area is 130 Å². The number of aryl methyl sites for hydroxylation is 1. The Kier molecular flexibility index (Phi) is 7.25. The van der Waals surface area contributed by atoms with Gasteiger partial charge in [0.1, 0.15) is 0 Å². The predicted molar refractivity (Wildman–Crippen MR) is 89.7 cm³/mol. The van der Waals surface area contributed by atoms with Crippen LogP contribution in [0.4, 0.5) is 0 Å². The number of ether oxygens (including phenoxy) is 1. The van der Waals surface area contributed by atoms with Crippen LogP contribution >= 0.6 is 0 Å². The fourth-order valence-electron chi connectivity index (χ4n) is 3.16. The lowest BCUT2D eigenvalue weighted by atomic mass is 9.97. The second kappa shape index (κ2) is 9.22. The minimum absolute atomic E-state index is 0.472. The molecule has 1 saturated heterocycles. The van der Waals surface area contributed by atoms with Crippen molar-refractivity contribution in [3.05, 3.63) is 35.4 Å². The SMILES string of the molecule is CCCCc1ccc(C(CCC2CCCO2)NCC)cc1. The zero-order chi connectivity index (χ0) is 14.9. The van der Waals surface area contributed by atoms with Crippen LogP contribution in [0.15, 0.2) is 24.3 Å². The fourth-order valence-corrected chi connectivity index (χ4v) is 3.16. The Balaban J connectivity index is 1.89. The van der Waals surface area contributed by atoms with Crippen LogP contribution in [0.2, 0.25) is 0 Å². The summed E-state index contributed by atoms with van der Waals surface area (Å²) >= 11 is 0. The number of hydrogen-bond acceptors (Lipinski definition) is 2. The lowest BCUT2D eigenvalue weighted by molar-refractivity contribution is 0.0996. The lowest BCUT2D eigenvalue weighted by Gasteiger charge is -2.20. The van der Waals surface area contributed by atoms with Crippen molar-refractivity contribution in [1.29, 1.82) is 0 Å². The summed E-state index contributed by atoms with van der Waals surface area (Å²) in [5.74, 6) is 0. The number of rotatable bonds is 9. The smallest absolute Gasteiger partial charge is 0.0576 e. The standard InChI is InChI=1S/C19H31NO/c1-3-5-7-16-9-11-17(12-10-16)19(20-4-2)14-13-18-8-6-15-21-18/h9-12,18-20H,3-8,13-15H2,1-2H3. The van der Waals surface area contributed by atoms with E-state index in [0.29, 0.717) is 12.1 Å². The molecule has 2 unspecified atom stereocenters. The summed E-state index contributed by atoms with van der Waals surface area (Å²) in [7, 11) is 0. The molecule has 2 nitrogen and oxygen atoms in total. The van der Waals surface area contributed by atoms with E-state index in [4.69, 9.17) is 4.74 Å². The number of nitrogens with one attached hydrogen (secondary N) is 1. The Morgan fingerprint density at radius 1 is 1.24 bits per heavy atom. The van der Waals surface area contributed by atoms with Crippen LogP contribution in [-0.4, -0.2) is 19.3 Å². The van der Waals surface area contributed by atoms with Crippen molar-refractivity contribution < 1.29 is 4.74 Å². The molecule has 0 radical (unpaired) electrons. The molecule has 0 aromatic heterocycles. The van der Waals surface area contributed by atoms with Crippen LogP contribution in [0.25, 0.3) is 0 Å². The molecule has 1 aliphatic rings. The van der Waals surface area contributed by atoms with Crippen LogP contribution in [0.3, 0.4) is 0 Å². The molecular weight excluding hydrogens is 258 g/mol. The largest absolute Gasteiger partial charge is 0.378 e. The minimum atomic E-state index is 0.472. The van der Waals surface area contributed by atoms with E-state index >= 15 is 0 Å². The molecule has 1 N–H and O–H groups in total. The average Bonchev–Trinajstić information content (AvgIpc) is 3.03. The molecule has 0 amide bonds. The molecule has 118 valence electrons. The van der Waals surface area contributed by atoms with Crippen molar-refractivity contribution in [2.45, 2.75) is 70.9 Å². The maximum absolute atomic E-state index is 5.75. The molecule has 1 aromatic carbocycles. The Bertz CT molecular complexity index is 381. The van der Waals surface area contributed by atoms with Crippen LogP contribution in [0, 0.1) is 0 Å². The van der Waals surface area contributed by atoms with E-state index in [0.717, 1.165) is 13.2 Å². The highest BCUT2D eigenvalue weighted by Crippen LogP contribution is 2.24. The van der Waals surface area contributed by atoms with Crippen molar-refractivity contribution in [2.75, 3.05) is 13.2 Å². The van der Waals surface area contributed by atoms with Gasteiger partial charge in [0.05, 0.1) is 6.10 Å². The molecule has 2 heteroatoms. The highest BCUT2D eigenvalue weighted by atomic mass is 16.5. The third kappa shape index (κ3) is 5.44. The van der Waals surface area contributed by atoms with Gasteiger partial charge < -0.3 is 10.1 Å². The van der Waals surface area contributed by atoms with Crippen molar-refractivity contribution in [1.82, 2.24) is 5.32 Å². The van der Waals surface area contributed by atoms with E-state index in [-0.39, 0.29) is 0 Å². The van der Waals surface area contributed by atoms with E-state index < -0.39 is 0 Å². The molecule has 0 saturated carbocycles. The highest BCUT2D eigenvalue weighted by Gasteiger charge is 2.18. The van der Waals surface area contributed by atoms with Crippen LogP contribution in [0.5, 0.6) is 0 Å². The predicted octanol–water partition coefficient (Wildman–Crippen LogP) is 4.64. The summed E-state index contributed by atoms with van der Waals surface area (Å²) in [6.45, 7) is 6.42. The van der Waals surface area contributed by atoms with E-state index in [1.54, 1.807) is 0 Å². The summed E-state index contributed by atoms with van der Waals surface area (Å²) in [5.41, 5.74) is 2.89. The van der Waals surface area contributed by atoms with E-state index in [1.807, 2.05) is 0 Å². The Morgan fingerprint density at radius 2 is 2.05 bits per heavy atom. The zero-order valence-electron chi connectivity index (χ0n) is 13.7. The third-order valence-electron chi connectivity index (χ3n) is 4.45. The van der Waals surface area contributed by atoms with Gasteiger partial charge in [0.15, 0.2) is 0 Å². The molecule has 1 heterocycles. The monoisotopic (exact) mass is 289 g/mol. The van der Waals surface area contributed by atoms with E-state index in [1.165, 1.54) is 56.1 Å². The molecule has 2 atom stereocenters. The minimum Gasteiger partial charge on any atom is -0.378 e. The zero-order valence-corrected chi connectivity index (χ0v) is 13.7. The first-order valence-corrected chi connectivity index (χ1v) is 8.77. The Hall–Kier alpha value is -0.860. The fraction of sp³-hybridized carbons (Fsp3) is 0.684. The van der Waals surface area contributed by atoms with Gasteiger partial charge in [-0.25, -0.2) is 0 Å². The maximum Gasteiger partial charge on any atom is 0.0576 e. The van der Waals surface area contributed by atoms with Crippen molar-refractivity contribution in [3.8, 4) is 0 Å². The molecule has 0 spiro atoms. The van der Waals surface area contributed by atoms with Crippen LogP contribution < -0.4 is 5.32 Å².